The molecule has 1 aromatic heterocycles. The number of carbonyl (C=O) groups is 1. The number of aromatic nitrogens is 2. The highest BCUT2D eigenvalue weighted by atomic mass is 35.5. The Kier molecular flexibility index (Phi) is 10.0. The highest BCUT2D eigenvalue weighted by molar-refractivity contribution is 7.92. The van der Waals surface area contributed by atoms with Gasteiger partial charge in [0, 0.05) is 23.2 Å². The Labute approximate surface area is 279 Å². The van der Waals surface area contributed by atoms with Gasteiger partial charge in [-0.15, -0.1) is 12.4 Å². The molecule has 11 heteroatoms. The van der Waals surface area contributed by atoms with Crippen molar-refractivity contribution in [3.63, 3.8) is 0 Å². The Hall–Kier alpha value is -3.21. The summed E-state index contributed by atoms with van der Waals surface area (Å²) >= 11 is 0. The number of benzene rings is 2. The average molecular weight is 668 g/mol. The summed E-state index contributed by atoms with van der Waals surface area (Å²) in [6.45, 7) is 10.9. The molecule has 2 aliphatic heterocycles. The fraction of sp³-hybridized carbons (Fsp3) is 0.514. The van der Waals surface area contributed by atoms with Crippen LogP contribution in [0.4, 0.5) is 5.95 Å². The van der Waals surface area contributed by atoms with Crippen LogP contribution in [0.2, 0.25) is 0 Å². The van der Waals surface area contributed by atoms with Crippen LogP contribution in [-0.4, -0.2) is 72.9 Å². The molecule has 1 aliphatic carbocycles. The molecule has 1 atom stereocenters. The molecule has 1 saturated carbocycles. The number of anilines is 1. The van der Waals surface area contributed by atoms with E-state index in [2.05, 4.69) is 60.4 Å². The number of fused-ring (bicyclic) bond motifs is 4. The lowest BCUT2D eigenvalue weighted by molar-refractivity contribution is -0.0497. The molecule has 1 spiro atoms. The number of sulfonamides is 1. The Morgan fingerprint density at radius 3 is 2.41 bits per heavy atom. The predicted molar refractivity (Wildman–Crippen MR) is 183 cm³/mol. The van der Waals surface area contributed by atoms with Gasteiger partial charge in [0.2, 0.25) is 11.8 Å². The van der Waals surface area contributed by atoms with Gasteiger partial charge in [-0.05, 0) is 93.3 Å². The minimum Gasteiger partial charge on any atom is -0.475 e. The van der Waals surface area contributed by atoms with Gasteiger partial charge in [-0.2, -0.15) is 4.98 Å². The third kappa shape index (κ3) is 7.04. The van der Waals surface area contributed by atoms with E-state index >= 15 is 0 Å². The zero-order valence-corrected chi connectivity index (χ0v) is 29.0. The van der Waals surface area contributed by atoms with Gasteiger partial charge in [0.15, 0.2) is 0 Å². The maximum atomic E-state index is 14.4. The lowest BCUT2D eigenvalue weighted by atomic mass is 9.59. The van der Waals surface area contributed by atoms with E-state index in [0.29, 0.717) is 17.2 Å². The number of likely N-dealkylation sites (tertiary alicyclic amines) is 1. The summed E-state index contributed by atoms with van der Waals surface area (Å²) in [7, 11) is -1.93. The second kappa shape index (κ2) is 13.5. The fourth-order valence-electron chi connectivity index (χ4n) is 7.30. The maximum absolute atomic E-state index is 14.4. The van der Waals surface area contributed by atoms with Crippen LogP contribution in [0.25, 0.3) is 11.3 Å². The summed E-state index contributed by atoms with van der Waals surface area (Å²) in [4.78, 5) is 28.0. The van der Waals surface area contributed by atoms with E-state index in [9.17, 15) is 13.2 Å². The Morgan fingerprint density at radius 2 is 1.72 bits per heavy atom. The van der Waals surface area contributed by atoms with Gasteiger partial charge in [-0.1, -0.05) is 58.0 Å². The number of ether oxygens (including phenoxy) is 1. The zero-order valence-electron chi connectivity index (χ0n) is 27.4. The molecule has 0 unspecified atom stereocenters. The van der Waals surface area contributed by atoms with E-state index in [1.54, 1.807) is 18.2 Å². The molecule has 1 N–H and O–H groups in total. The first-order chi connectivity index (χ1) is 21.4. The minimum atomic E-state index is -4.10. The van der Waals surface area contributed by atoms with Crippen molar-refractivity contribution in [2.45, 2.75) is 82.7 Å². The molecule has 1 amide bonds. The van der Waals surface area contributed by atoms with Gasteiger partial charge in [0.25, 0.3) is 15.9 Å². The van der Waals surface area contributed by atoms with E-state index in [0.717, 1.165) is 56.3 Å². The molecule has 46 heavy (non-hydrogen) atoms. The highest BCUT2D eigenvalue weighted by Crippen LogP contribution is 2.51. The first-order valence-corrected chi connectivity index (χ1v) is 17.7. The molecule has 1 saturated heterocycles. The highest BCUT2D eigenvalue weighted by Gasteiger charge is 2.50. The van der Waals surface area contributed by atoms with Crippen molar-refractivity contribution in [2.75, 3.05) is 31.5 Å². The maximum Gasteiger partial charge on any atom is 0.264 e. The van der Waals surface area contributed by atoms with E-state index in [-0.39, 0.29) is 65.1 Å². The van der Waals surface area contributed by atoms with Crippen LogP contribution in [0, 0.1) is 11.3 Å². The topological polar surface area (TPSA) is 105 Å². The number of nitrogens with one attached hydrogen (secondary N) is 1. The summed E-state index contributed by atoms with van der Waals surface area (Å²) < 4.78 is 36.3. The van der Waals surface area contributed by atoms with Gasteiger partial charge in [0.05, 0.1) is 16.6 Å². The molecule has 3 aliphatic rings. The van der Waals surface area contributed by atoms with Crippen LogP contribution < -0.4 is 9.46 Å². The van der Waals surface area contributed by atoms with Crippen molar-refractivity contribution in [3.8, 4) is 17.1 Å². The van der Waals surface area contributed by atoms with Crippen molar-refractivity contribution >= 4 is 34.3 Å². The van der Waals surface area contributed by atoms with Gasteiger partial charge in [-0.25, -0.2) is 18.1 Å². The third-order valence-electron chi connectivity index (χ3n) is 9.75. The van der Waals surface area contributed by atoms with Crippen LogP contribution in [0.1, 0.15) is 81.6 Å². The molecular formula is C35H46ClN5O4S. The number of nitrogens with zero attached hydrogens (tertiary/aromatic N) is 4. The molecule has 0 radical (unpaired) electrons. The normalized spacial score (nSPS) is 21.3. The van der Waals surface area contributed by atoms with Crippen molar-refractivity contribution in [1.82, 2.24) is 19.8 Å². The van der Waals surface area contributed by atoms with E-state index < -0.39 is 10.0 Å². The first-order valence-electron chi connectivity index (χ1n) is 16.2. The van der Waals surface area contributed by atoms with Gasteiger partial charge in [-0.3, -0.25) is 4.79 Å². The number of hydrogen-bond acceptors (Lipinski definition) is 7. The molecule has 9 nitrogen and oxygen atoms in total. The molecule has 4 bridgehead atoms. The Balaban J connectivity index is 0.00000417. The number of amides is 1. The van der Waals surface area contributed by atoms with E-state index in [4.69, 9.17) is 4.74 Å². The Bertz CT molecular complexity index is 1660. The first kappa shape index (κ1) is 34.1. The van der Waals surface area contributed by atoms with E-state index in [1.807, 2.05) is 23.1 Å². The Morgan fingerprint density at radius 1 is 1.00 bits per heavy atom. The third-order valence-corrected chi connectivity index (χ3v) is 11.1. The van der Waals surface area contributed by atoms with Crippen molar-refractivity contribution < 1.29 is 17.9 Å². The molecule has 3 aromatic rings. The smallest absolute Gasteiger partial charge is 0.264 e. The van der Waals surface area contributed by atoms with Gasteiger partial charge >= 0.3 is 0 Å². The van der Waals surface area contributed by atoms with Crippen LogP contribution in [0.3, 0.4) is 0 Å². The number of hydrogen-bond donors (Lipinski definition) is 1. The average Bonchev–Trinajstić information content (AvgIpc) is 2.99. The molecule has 2 aromatic carbocycles. The molecular weight excluding hydrogens is 622 g/mol. The zero-order chi connectivity index (χ0) is 31.9. The summed E-state index contributed by atoms with van der Waals surface area (Å²) in [6.07, 6.45) is 4.92. The minimum absolute atomic E-state index is 0. The van der Waals surface area contributed by atoms with Crippen molar-refractivity contribution in [2.24, 2.45) is 11.3 Å². The van der Waals surface area contributed by atoms with Crippen LogP contribution in [0.5, 0.6) is 5.88 Å². The van der Waals surface area contributed by atoms with Crippen molar-refractivity contribution in [3.05, 3.63) is 65.7 Å². The lowest BCUT2D eigenvalue weighted by Gasteiger charge is -2.56. The molecule has 2 fully saturated rings. The molecule has 248 valence electrons. The summed E-state index contributed by atoms with van der Waals surface area (Å²) in [6, 6.07) is 15.9. The largest absolute Gasteiger partial charge is 0.475 e. The van der Waals surface area contributed by atoms with Crippen LogP contribution in [0.15, 0.2) is 59.5 Å². The van der Waals surface area contributed by atoms with Gasteiger partial charge in [0.1, 0.15) is 6.61 Å². The standard InChI is InChI=1S/C35H45N5O4S.ClH/c1-23(2)17-26-22-44-32-19-31(30-12-7-6-11-29(30)24(3)4)36-34(37-32)38-45(42,43)28-10-8-9-25(18-28)33(41)40(26)27-20-35(21-27)13-15-39(5)16-14-35;/h6-12,18-19,23-24,26-27H,13-17,20-22H2,1-5H3,(H,36,37,38);1H/t26-;/m1./s1. The fourth-order valence-corrected chi connectivity index (χ4v) is 8.29. The SMILES string of the molecule is CC(C)C[C@@H]1COc2cc(-c3ccccc3C(C)C)nc(n2)NS(=O)(=O)c2cccc(c2)C(=O)N1C1CC2(CCN(C)CC2)C1.Cl. The summed E-state index contributed by atoms with van der Waals surface area (Å²) in [5, 5.41) is 0. The number of piperidine rings is 1. The number of rotatable bonds is 5. The van der Waals surface area contributed by atoms with E-state index in [1.165, 1.54) is 12.1 Å². The monoisotopic (exact) mass is 667 g/mol. The van der Waals surface area contributed by atoms with Crippen LogP contribution in [-0.2, 0) is 10.0 Å². The number of carbonyl (C=O) groups excluding carboxylic acids is 1. The summed E-state index contributed by atoms with van der Waals surface area (Å²) in [5.41, 5.74) is 3.16. The number of halogens is 1. The van der Waals surface area contributed by atoms with Crippen LogP contribution >= 0.6 is 12.4 Å². The lowest BCUT2D eigenvalue weighted by Crippen LogP contribution is -2.59. The van der Waals surface area contributed by atoms with Crippen molar-refractivity contribution in [1.29, 1.82) is 0 Å². The summed E-state index contributed by atoms with van der Waals surface area (Å²) in [5.74, 6) is 0.576. The second-order valence-corrected chi connectivity index (χ2v) is 15.6. The van der Waals surface area contributed by atoms with Gasteiger partial charge < -0.3 is 14.5 Å². The quantitative estimate of drug-likeness (QED) is 0.326. The second-order valence-electron chi connectivity index (χ2n) is 14.0. The predicted octanol–water partition coefficient (Wildman–Crippen LogP) is 6.61. The molecule has 6 rings (SSSR count). The molecule has 3 heterocycles.